The molecule has 6 heteroatoms. The van der Waals surface area contributed by atoms with Crippen LogP contribution in [0.2, 0.25) is 0 Å². The van der Waals surface area contributed by atoms with Crippen LogP contribution in [0.15, 0.2) is 70.2 Å². The van der Waals surface area contributed by atoms with Crippen LogP contribution in [-0.2, 0) is 24.1 Å². The molecule has 0 N–H and O–H groups in total. The van der Waals surface area contributed by atoms with Gasteiger partial charge in [-0.05, 0) is 64.5 Å². The number of ether oxygens (including phenoxy) is 2. The van der Waals surface area contributed by atoms with Crippen molar-refractivity contribution in [2.45, 2.75) is 63.6 Å². The van der Waals surface area contributed by atoms with Gasteiger partial charge in [-0.1, -0.05) is 47.6 Å². The van der Waals surface area contributed by atoms with E-state index in [1.54, 1.807) is 24.3 Å². The molecular formula is C26H34O5S. The van der Waals surface area contributed by atoms with Crippen molar-refractivity contribution in [3.8, 4) is 0 Å². The van der Waals surface area contributed by atoms with Crippen molar-refractivity contribution in [1.29, 1.82) is 0 Å². The molecule has 1 unspecified atom stereocenters. The summed E-state index contributed by atoms with van der Waals surface area (Å²) in [6.07, 6.45) is 11.3. The number of rotatable bonds is 10. The van der Waals surface area contributed by atoms with Crippen LogP contribution < -0.4 is 0 Å². The van der Waals surface area contributed by atoms with Crippen LogP contribution >= 0.6 is 0 Å². The molecule has 3 rings (SSSR count). The molecule has 2 atom stereocenters. The van der Waals surface area contributed by atoms with E-state index in [9.17, 15) is 13.2 Å². The van der Waals surface area contributed by atoms with Gasteiger partial charge >= 0.3 is 0 Å². The van der Waals surface area contributed by atoms with Crippen molar-refractivity contribution in [2.75, 3.05) is 19.0 Å². The first-order chi connectivity index (χ1) is 15.3. The maximum atomic E-state index is 13.1. The largest absolute Gasteiger partial charge is 0.353 e. The highest BCUT2D eigenvalue weighted by Gasteiger charge is 2.29. The number of allylic oxidation sites excluding steroid dienone is 5. The SMILES string of the molecule is CC(C)=CCCC1=CC=C(C(=O)CS(=O)(=O)c2ccccc2)[C@@H](COC2CCCCO2)C1. The Bertz CT molecular complexity index is 963. The molecule has 1 aliphatic carbocycles. The molecule has 0 aromatic heterocycles. The number of sulfone groups is 1. The van der Waals surface area contributed by atoms with Gasteiger partial charge in [0.05, 0.1) is 11.5 Å². The molecule has 1 aromatic carbocycles. The number of carbonyl (C=O) groups excluding carboxylic acids is 1. The molecule has 0 saturated carbocycles. The van der Waals surface area contributed by atoms with Crippen LogP contribution in [0.25, 0.3) is 0 Å². The second-order valence-corrected chi connectivity index (χ2v) is 10.8. The number of hydrogen-bond acceptors (Lipinski definition) is 5. The van der Waals surface area contributed by atoms with E-state index in [2.05, 4.69) is 19.9 Å². The number of benzene rings is 1. The predicted octanol–water partition coefficient (Wildman–Crippen LogP) is 5.19. The minimum absolute atomic E-state index is 0.161. The van der Waals surface area contributed by atoms with Gasteiger partial charge in [-0.25, -0.2) is 8.42 Å². The maximum absolute atomic E-state index is 13.1. The molecule has 2 aliphatic rings. The summed E-state index contributed by atoms with van der Waals surface area (Å²) in [5.41, 5.74) is 3.07. The van der Waals surface area contributed by atoms with E-state index in [1.807, 2.05) is 6.08 Å². The molecule has 0 bridgehead atoms. The summed E-state index contributed by atoms with van der Waals surface area (Å²) in [4.78, 5) is 13.3. The summed E-state index contributed by atoms with van der Waals surface area (Å²) in [7, 11) is -3.69. The monoisotopic (exact) mass is 458 g/mol. The number of ketones is 1. The fraction of sp³-hybridized carbons (Fsp3) is 0.500. The normalized spacial score (nSPS) is 21.4. The molecule has 1 aromatic rings. The van der Waals surface area contributed by atoms with Gasteiger partial charge in [0.1, 0.15) is 5.75 Å². The summed E-state index contributed by atoms with van der Waals surface area (Å²) in [5.74, 6) is -1.04. The highest BCUT2D eigenvalue weighted by Crippen LogP contribution is 2.31. The molecule has 174 valence electrons. The minimum Gasteiger partial charge on any atom is -0.353 e. The minimum atomic E-state index is -3.69. The van der Waals surface area contributed by atoms with Gasteiger partial charge in [0, 0.05) is 18.1 Å². The molecule has 1 aliphatic heterocycles. The van der Waals surface area contributed by atoms with Crippen LogP contribution in [0.3, 0.4) is 0 Å². The first-order valence-corrected chi connectivity index (χ1v) is 13.1. The van der Waals surface area contributed by atoms with Crippen molar-refractivity contribution < 1.29 is 22.7 Å². The van der Waals surface area contributed by atoms with Crippen LogP contribution in [0.4, 0.5) is 0 Å². The molecule has 0 radical (unpaired) electrons. The highest BCUT2D eigenvalue weighted by atomic mass is 32.2. The highest BCUT2D eigenvalue weighted by molar-refractivity contribution is 7.92. The number of Topliss-reactive ketones (excluding diaryl/α,β-unsaturated/α-hetero) is 1. The van der Waals surface area contributed by atoms with Crippen molar-refractivity contribution in [1.82, 2.24) is 0 Å². The molecule has 5 nitrogen and oxygen atoms in total. The summed E-state index contributed by atoms with van der Waals surface area (Å²) < 4.78 is 37.2. The topological polar surface area (TPSA) is 69.7 Å². The lowest BCUT2D eigenvalue weighted by atomic mass is 9.84. The Morgan fingerprint density at radius 2 is 1.94 bits per heavy atom. The van der Waals surface area contributed by atoms with E-state index in [0.29, 0.717) is 25.2 Å². The Morgan fingerprint density at radius 3 is 2.62 bits per heavy atom. The van der Waals surface area contributed by atoms with Crippen molar-refractivity contribution >= 4 is 15.6 Å². The van der Waals surface area contributed by atoms with E-state index >= 15 is 0 Å². The second-order valence-electron chi connectivity index (χ2n) is 8.79. The lowest BCUT2D eigenvalue weighted by Gasteiger charge is -2.28. The third kappa shape index (κ3) is 7.26. The van der Waals surface area contributed by atoms with Crippen molar-refractivity contribution in [3.05, 3.63) is 65.3 Å². The summed E-state index contributed by atoms with van der Waals surface area (Å²) in [6, 6.07) is 8.14. The third-order valence-corrected chi connectivity index (χ3v) is 7.46. The molecule has 1 heterocycles. The fourth-order valence-corrected chi connectivity index (χ4v) is 5.32. The molecule has 1 fully saturated rings. The van der Waals surface area contributed by atoms with E-state index in [1.165, 1.54) is 23.3 Å². The van der Waals surface area contributed by atoms with Gasteiger partial charge in [-0.2, -0.15) is 0 Å². The Morgan fingerprint density at radius 1 is 1.16 bits per heavy atom. The average Bonchev–Trinajstić information content (AvgIpc) is 2.78. The van der Waals surface area contributed by atoms with E-state index in [0.717, 1.165) is 32.1 Å². The van der Waals surface area contributed by atoms with Gasteiger partial charge in [-0.3, -0.25) is 4.79 Å². The van der Waals surface area contributed by atoms with Gasteiger partial charge in [0.2, 0.25) is 0 Å². The predicted molar refractivity (Wildman–Crippen MR) is 126 cm³/mol. The quantitative estimate of drug-likeness (QED) is 0.451. The Kier molecular flexibility index (Phi) is 9.02. The van der Waals surface area contributed by atoms with Gasteiger partial charge in [0.25, 0.3) is 0 Å². The van der Waals surface area contributed by atoms with E-state index in [4.69, 9.17) is 9.47 Å². The second kappa shape index (κ2) is 11.7. The Hall–Kier alpha value is -2.02. The van der Waals surface area contributed by atoms with Crippen LogP contribution in [0.1, 0.15) is 52.4 Å². The van der Waals surface area contributed by atoms with Gasteiger partial charge in [0.15, 0.2) is 21.9 Å². The summed E-state index contributed by atoms with van der Waals surface area (Å²) in [5, 5.41) is 0. The lowest BCUT2D eigenvalue weighted by molar-refractivity contribution is -0.167. The molecule has 0 spiro atoms. The zero-order chi connectivity index (χ0) is 23.0. The van der Waals surface area contributed by atoms with E-state index < -0.39 is 15.6 Å². The van der Waals surface area contributed by atoms with Gasteiger partial charge in [-0.15, -0.1) is 0 Å². The van der Waals surface area contributed by atoms with Gasteiger partial charge < -0.3 is 9.47 Å². The Balaban J connectivity index is 1.73. The maximum Gasteiger partial charge on any atom is 0.185 e. The van der Waals surface area contributed by atoms with E-state index in [-0.39, 0.29) is 22.9 Å². The number of hydrogen-bond donors (Lipinski definition) is 0. The van der Waals surface area contributed by atoms with Crippen molar-refractivity contribution in [3.63, 3.8) is 0 Å². The van der Waals surface area contributed by atoms with Crippen LogP contribution in [0, 0.1) is 5.92 Å². The summed E-state index contributed by atoms with van der Waals surface area (Å²) >= 11 is 0. The first-order valence-electron chi connectivity index (χ1n) is 11.4. The van der Waals surface area contributed by atoms with Crippen LogP contribution in [0.5, 0.6) is 0 Å². The third-order valence-electron chi connectivity index (χ3n) is 5.83. The van der Waals surface area contributed by atoms with Crippen molar-refractivity contribution in [2.24, 2.45) is 5.92 Å². The molecular weight excluding hydrogens is 424 g/mol. The zero-order valence-electron chi connectivity index (χ0n) is 19.1. The summed E-state index contributed by atoms with van der Waals surface area (Å²) in [6.45, 7) is 5.22. The first kappa shape index (κ1) is 24.6. The molecule has 0 amide bonds. The zero-order valence-corrected chi connectivity index (χ0v) is 19.9. The Labute approximate surface area is 192 Å². The molecule has 1 saturated heterocycles. The number of carbonyl (C=O) groups is 1. The molecule has 32 heavy (non-hydrogen) atoms. The fourth-order valence-electron chi connectivity index (χ4n) is 4.07. The smallest absolute Gasteiger partial charge is 0.185 e. The lowest BCUT2D eigenvalue weighted by Crippen LogP contribution is -2.29. The van der Waals surface area contributed by atoms with Crippen LogP contribution in [-0.4, -0.2) is 39.5 Å². The average molecular weight is 459 g/mol. The standard InChI is InChI=1S/C26H34O5S/c1-20(2)9-8-10-21-14-15-24(22(17-21)18-31-26-13-6-7-16-30-26)25(27)19-32(28,29)23-11-4-3-5-12-23/h3-5,9,11-12,14-15,22,26H,6-8,10,13,16-19H2,1-2H3/t22-,26?/m1/s1.